The van der Waals surface area contributed by atoms with Gasteiger partial charge in [0.25, 0.3) is 0 Å². The van der Waals surface area contributed by atoms with Gasteiger partial charge in [-0.05, 0) is 56.9 Å². The average Bonchev–Trinajstić information content (AvgIpc) is 3.27. The van der Waals surface area contributed by atoms with Crippen LogP contribution in [-0.4, -0.2) is 65.6 Å². The first kappa shape index (κ1) is 18.1. The highest BCUT2D eigenvalue weighted by atomic mass is 16.5. The molecule has 7 nitrogen and oxygen atoms in total. The van der Waals surface area contributed by atoms with Crippen LogP contribution in [0.25, 0.3) is 11.3 Å². The van der Waals surface area contributed by atoms with E-state index in [0.29, 0.717) is 17.7 Å². The topological polar surface area (TPSA) is 74.5 Å². The molecule has 1 atom stereocenters. The van der Waals surface area contributed by atoms with Gasteiger partial charge in [-0.25, -0.2) is 0 Å². The number of pyridine rings is 1. The number of aromatic nitrogens is 2. The van der Waals surface area contributed by atoms with Gasteiger partial charge in [0.05, 0.1) is 12.6 Å². The van der Waals surface area contributed by atoms with Crippen molar-refractivity contribution in [3.63, 3.8) is 0 Å². The minimum Gasteiger partial charge on any atom is -0.359 e. The molecule has 144 valence electrons. The third-order valence-corrected chi connectivity index (χ3v) is 5.98. The first-order valence-electron chi connectivity index (χ1n) is 9.58. The fourth-order valence-electron chi connectivity index (χ4n) is 4.47. The van der Waals surface area contributed by atoms with E-state index < -0.39 is 0 Å². The summed E-state index contributed by atoms with van der Waals surface area (Å²) in [5.41, 5.74) is 1.94. The van der Waals surface area contributed by atoms with Crippen LogP contribution in [0.1, 0.15) is 25.0 Å². The molecule has 2 aliphatic heterocycles. The summed E-state index contributed by atoms with van der Waals surface area (Å²) in [4.78, 5) is 21.2. The van der Waals surface area contributed by atoms with Crippen LogP contribution in [0.2, 0.25) is 0 Å². The van der Waals surface area contributed by atoms with Gasteiger partial charge in [-0.3, -0.25) is 14.7 Å². The van der Waals surface area contributed by atoms with Crippen LogP contribution in [0, 0.1) is 5.41 Å². The van der Waals surface area contributed by atoms with E-state index in [-0.39, 0.29) is 11.9 Å². The van der Waals surface area contributed by atoms with Crippen molar-refractivity contribution in [2.45, 2.75) is 31.8 Å². The van der Waals surface area contributed by atoms with Gasteiger partial charge in [0, 0.05) is 37.6 Å². The summed E-state index contributed by atoms with van der Waals surface area (Å²) in [7, 11) is 3.91. The Hall–Kier alpha value is -2.25. The maximum Gasteiger partial charge on any atom is 0.240 e. The Bertz CT molecular complexity index is 785. The zero-order valence-corrected chi connectivity index (χ0v) is 16.0. The third kappa shape index (κ3) is 3.75. The smallest absolute Gasteiger partial charge is 0.240 e. The second-order valence-electron chi connectivity index (χ2n) is 8.00. The first-order valence-corrected chi connectivity index (χ1v) is 9.58. The largest absolute Gasteiger partial charge is 0.359 e. The quantitative estimate of drug-likeness (QED) is 0.885. The van der Waals surface area contributed by atoms with E-state index >= 15 is 0 Å². The van der Waals surface area contributed by atoms with Gasteiger partial charge in [-0.15, -0.1) is 0 Å². The lowest BCUT2D eigenvalue weighted by atomic mass is 9.77. The summed E-state index contributed by atoms with van der Waals surface area (Å²) < 4.78 is 5.45. The Labute approximate surface area is 159 Å². The van der Waals surface area contributed by atoms with E-state index in [1.54, 1.807) is 17.3 Å². The fourth-order valence-corrected chi connectivity index (χ4v) is 4.47. The van der Waals surface area contributed by atoms with Gasteiger partial charge in [0.1, 0.15) is 5.69 Å². The standard InChI is InChI=1S/C20H27N5O2/c1-24(13-16-10-17(23-27-16)15-4-3-7-22-12-15)19(26)18-11-20(14-25(18)2)5-8-21-9-6-20/h3-4,7,10,12,18,21H,5-6,8-9,11,13-14H2,1-2H3. The Morgan fingerprint density at radius 2 is 2.26 bits per heavy atom. The second-order valence-corrected chi connectivity index (χ2v) is 8.00. The summed E-state index contributed by atoms with van der Waals surface area (Å²) in [5.74, 6) is 0.842. The molecule has 0 aliphatic carbocycles. The van der Waals surface area contributed by atoms with E-state index in [1.165, 1.54) is 0 Å². The maximum atomic E-state index is 13.1. The fraction of sp³-hybridized carbons (Fsp3) is 0.550. The van der Waals surface area contributed by atoms with Crippen molar-refractivity contribution in [3.05, 3.63) is 36.4 Å². The molecule has 1 spiro atoms. The Morgan fingerprint density at radius 3 is 3.00 bits per heavy atom. The normalized spacial score (nSPS) is 22.2. The van der Waals surface area contributed by atoms with Gasteiger partial charge in [0.15, 0.2) is 5.76 Å². The number of hydrogen-bond acceptors (Lipinski definition) is 6. The number of carbonyl (C=O) groups excluding carboxylic acids is 1. The third-order valence-electron chi connectivity index (χ3n) is 5.98. The van der Waals surface area contributed by atoms with Crippen LogP contribution < -0.4 is 5.32 Å². The highest BCUT2D eigenvalue weighted by molar-refractivity contribution is 5.82. The number of rotatable bonds is 4. The molecular weight excluding hydrogens is 342 g/mol. The molecule has 27 heavy (non-hydrogen) atoms. The van der Waals surface area contributed by atoms with Gasteiger partial charge in [-0.2, -0.15) is 0 Å². The number of piperidine rings is 1. The lowest BCUT2D eigenvalue weighted by molar-refractivity contribution is -0.135. The molecule has 7 heteroatoms. The molecule has 1 N–H and O–H groups in total. The molecule has 2 aromatic rings. The molecule has 4 rings (SSSR count). The first-order chi connectivity index (χ1) is 13.1. The van der Waals surface area contributed by atoms with Crippen LogP contribution >= 0.6 is 0 Å². The van der Waals surface area contributed by atoms with E-state index in [9.17, 15) is 4.79 Å². The van der Waals surface area contributed by atoms with Crippen LogP contribution in [0.4, 0.5) is 0 Å². The number of amides is 1. The molecule has 1 unspecified atom stereocenters. The lowest BCUT2D eigenvalue weighted by Crippen LogP contribution is -2.42. The molecule has 1 amide bonds. The van der Waals surface area contributed by atoms with Crippen LogP contribution in [0.5, 0.6) is 0 Å². The van der Waals surface area contributed by atoms with Gasteiger partial charge in [0.2, 0.25) is 5.91 Å². The summed E-state index contributed by atoms with van der Waals surface area (Å²) in [5, 5.41) is 7.54. The second kappa shape index (κ2) is 7.40. The van der Waals surface area contributed by atoms with Crippen molar-refractivity contribution in [2.24, 2.45) is 5.41 Å². The number of likely N-dealkylation sites (tertiary alicyclic amines) is 1. The Balaban J connectivity index is 1.40. The number of carbonyl (C=O) groups is 1. The molecule has 2 aliphatic rings. The Kier molecular flexibility index (Phi) is 4.97. The predicted molar refractivity (Wildman–Crippen MR) is 102 cm³/mol. The summed E-state index contributed by atoms with van der Waals surface area (Å²) in [6.45, 7) is 3.54. The van der Waals surface area contributed by atoms with E-state index in [1.807, 2.05) is 25.2 Å². The van der Waals surface area contributed by atoms with Gasteiger partial charge < -0.3 is 14.7 Å². The SMILES string of the molecule is CN(Cc1cc(-c2cccnc2)no1)C(=O)C1CC2(CCNCC2)CN1C. The van der Waals surface area contributed by atoms with Crippen LogP contribution in [0.3, 0.4) is 0 Å². The van der Waals surface area contributed by atoms with Crippen molar-refractivity contribution in [1.29, 1.82) is 0 Å². The van der Waals surface area contributed by atoms with Crippen molar-refractivity contribution >= 4 is 5.91 Å². The van der Waals surface area contributed by atoms with E-state index in [4.69, 9.17) is 4.52 Å². The van der Waals surface area contributed by atoms with E-state index in [2.05, 4.69) is 27.4 Å². The molecule has 2 saturated heterocycles. The highest BCUT2D eigenvalue weighted by Gasteiger charge is 2.46. The molecule has 0 aromatic carbocycles. The Morgan fingerprint density at radius 1 is 1.44 bits per heavy atom. The summed E-state index contributed by atoms with van der Waals surface area (Å²) >= 11 is 0. The van der Waals surface area contributed by atoms with Crippen LogP contribution in [-0.2, 0) is 11.3 Å². The zero-order chi connectivity index (χ0) is 18.9. The predicted octanol–water partition coefficient (Wildman–Crippen LogP) is 1.77. The zero-order valence-electron chi connectivity index (χ0n) is 16.0. The van der Waals surface area contributed by atoms with Crippen LogP contribution in [0.15, 0.2) is 35.1 Å². The van der Waals surface area contributed by atoms with E-state index in [0.717, 1.165) is 50.2 Å². The number of likely N-dealkylation sites (N-methyl/N-ethyl adjacent to an activating group) is 2. The summed E-state index contributed by atoms with van der Waals surface area (Å²) in [6, 6.07) is 5.64. The van der Waals surface area contributed by atoms with Crippen molar-refractivity contribution in [3.8, 4) is 11.3 Å². The lowest BCUT2D eigenvalue weighted by Gasteiger charge is -2.33. The van der Waals surface area contributed by atoms with Gasteiger partial charge in [-0.1, -0.05) is 5.16 Å². The molecule has 2 aromatic heterocycles. The average molecular weight is 369 g/mol. The number of nitrogens with zero attached hydrogens (tertiary/aromatic N) is 4. The summed E-state index contributed by atoms with van der Waals surface area (Å²) in [6.07, 6.45) is 6.74. The molecular formula is C20H27N5O2. The minimum atomic E-state index is -0.0474. The molecule has 2 fully saturated rings. The monoisotopic (exact) mass is 369 g/mol. The molecule has 4 heterocycles. The highest BCUT2D eigenvalue weighted by Crippen LogP contribution is 2.41. The minimum absolute atomic E-state index is 0.0474. The number of hydrogen-bond donors (Lipinski definition) is 1. The maximum absolute atomic E-state index is 13.1. The van der Waals surface area contributed by atoms with Crippen molar-refractivity contribution in [2.75, 3.05) is 33.7 Å². The van der Waals surface area contributed by atoms with Crippen molar-refractivity contribution in [1.82, 2.24) is 25.3 Å². The molecule has 0 bridgehead atoms. The molecule has 0 saturated carbocycles. The van der Waals surface area contributed by atoms with Gasteiger partial charge >= 0.3 is 0 Å². The number of nitrogens with one attached hydrogen (secondary N) is 1. The van der Waals surface area contributed by atoms with Crippen molar-refractivity contribution < 1.29 is 9.32 Å². The molecule has 0 radical (unpaired) electrons.